The SMILES string of the molecule is CCCCN(CC(=O)N(CCc1ccc(OC)c(OC)c1)Cc1ccc(C)s1)S(=O)(=O)c1ccc(Br)cc1. The zero-order valence-electron chi connectivity index (χ0n) is 22.3. The predicted octanol–water partition coefficient (Wildman–Crippen LogP) is 5.90. The van der Waals surface area contributed by atoms with Gasteiger partial charge >= 0.3 is 0 Å². The number of nitrogens with zero attached hydrogens (tertiary/aromatic N) is 2. The Morgan fingerprint density at radius 2 is 1.68 bits per heavy atom. The van der Waals surface area contributed by atoms with Crippen LogP contribution in [0.1, 0.15) is 35.1 Å². The van der Waals surface area contributed by atoms with Crippen LogP contribution in [-0.4, -0.2) is 57.4 Å². The number of unbranched alkanes of at least 4 members (excludes halogenated alkanes) is 1. The Kier molecular flexibility index (Phi) is 11.2. The van der Waals surface area contributed by atoms with E-state index in [1.807, 2.05) is 44.2 Å². The van der Waals surface area contributed by atoms with Crippen LogP contribution in [-0.2, 0) is 27.8 Å². The highest BCUT2D eigenvalue weighted by atomic mass is 79.9. The molecule has 0 aliphatic heterocycles. The quantitative estimate of drug-likeness (QED) is 0.224. The highest BCUT2D eigenvalue weighted by Crippen LogP contribution is 2.28. The third-order valence-electron chi connectivity index (χ3n) is 6.14. The lowest BCUT2D eigenvalue weighted by atomic mass is 10.1. The largest absolute Gasteiger partial charge is 0.493 e. The Morgan fingerprint density at radius 3 is 2.29 bits per heavy atom. The van der Waals surface area contributed by atoms with Crippen LogP contribution < -0.4 is 9.47 Å². The fourth-order valence-electron chi connectivity index (χ4n) is 3.98. The number of methoxy groups -OCH3 is 2. The Hall–Kier alpha value is -2.40. The first-order chi connectivity index (χ1) is 18.2. The number of halogens is 1. The van der Waals surface area contributed by atoms with Crippen molar-refractivity contribution in [1.82, 2.24) is 9.21 Å². The van der Waals surface area contributed by atoms with Gasteiger partial charge in [-0.25, -0.2) is 8.42 Å². The maximum atomic E-state index is 13.7. The Balaban J connectivity index is 1.84. The number of thiophene rings is 1. The molecule has 10 heteroatoms. The third kappa shape index (κ3) is 8.05. The van der Waals surface area contributed by atoms with Gasteiger partial charge in [0.05, 0.1) is 32.2 Å². The van der Waals surface area contributed by atoms with E-state index >= 15 is 0 Å². The highest BCUT2D eigenvalue weighted by Gasteiger charge is 2.28. The lowest BCUT2D eigenvalue weighted by Crippen LogP contribution is -2.43. The van der Waals surface area contributed by atoms with Crippen molar-refractivity contribution in [2.45, 2.75) is 44.6 Å². The summed E-state index contributed by atoms with van der Waals surface area (Å²) in [6.07, 6.45) is 2.07. The molecule has 0 spiro atoms. The maximum Gasteiger partial charge on any atom is 0.243 e. The summed E-state index contributed by atoms with van der Waals surface area (Å²) in [5, 5.41) is 0. The van der Waals surface area contributed by atoms with Gasteiger partial charge in [-0.3, -0.25) is 4.79 Å². The fraction of sp³-hybridized carbons (Fsp3) is 0.393. The summed E-state index contributed by atoms with van der Waals surface area (Å²) in [4.78, 5) is 17.8. The van der Waals surface area contributed by atoms with Gasteiger partial charge in [-0.2, -0.15) is 4.31 Å². The maximum absolute atomic E-state index is 13.7. The van der Waals surface area contributed by atoms with Crippen molar-refractivity contribution in [3.63, 3.8) is 0 Å². The van der Waals surface area contributed by atoms with E-state index in [1.165, 1.54) is 4.31 Å². The lowest BCUT2D eigenvalue weighted by molar-refractivity contribution is -0.132. The van der Waals surface area contributed by atoms with Crippen LogP contribution in [0.3, 0.4) is 0 Å². The van der Waals surface area contributed by atoms with E-state index in [0.717, 1.165) is 26.2 Å². The van der Waals surface area contributed by atoms with Crippen LogP contribution in [0.4, 0.5) is 0 Å². The minimum atomic E-state index is -3.83. The number of amides is 1. The predicted molar refractivity (Wildman–Crippen MR) is 156 cm³/mol. The number of benzene rings is 2. The first-order valence-electron chi connectivity index (χ1n) is 12.5. The number of hydrogen-bond donors (Lipinski definition) is 0. The van der Waals surface area contributed by atoms with Gasteiger partial charge in [0.2, 0.25) is 15.9 Å². The Morgan fingerprint density at radius 1 is 0.974 bits per heavy atom. The van der Waals surface area contributed by atoms with Crippen LogP contribution in [0, 0.1) is 6.92 Å². The number of aryl methyl sites for hydroxylation is 1. The molecule has 0 unspecified atom stereocenters. The van der Waals surface area contributed by atoms with E-state index in [0.29, 0.717) is 37.4 Å². The summed E-state index contributed by atoms with van der Waals surface area (Å²) in [5.74, 6) is 1.04. The summed E-state index contributed by atoms with van der Waals surface area (Å²) < 4.78 is 39.9. The third-order valence-corrected chi connectivity index (χ3v) is 9.51. The average Bonchev–Trinajstić information content (AvgIpc) is 3.33. The molecule has 38 heavy (non-hydrogen) atoms. The summed E-state index contributed by atoms with van der Waals surface area (Å²) in [5.41, 5.74) is 0.994. The van der Waals surface area contributed by atoms with Crippen LogP contribution in [0.15, 0.2) is 64.0 Å². The van der Waals surface area contributed by atoms with Gasteiger partial charge in [0.25, 0.3) is 0 Å². The lowest BCUT2D eigenvalue weighted by Gasteiger charge is -2.27. The van der Waals surface area contributed by atoms with E-state index in [2.05, 4.69) is 15.9 Å². The first-order valence-corrected chi connectivity index (χ1v) is 15.5. The summed E-state index contributed by atoms with van der Waals surface area (Å²) in [6, 6.07) is 16.3. The van der Waals surface area contributed by atoms with E-state index < -0.39 is 10.0 Å². The number of ether oxygens (including phenoxy) is 2. The minimum Gasteiger partial charge on any atom is -0.493 e. The molecule has 2 aromatic carbocycles. The molecule has 3 aromatic rings. The van der Waals surface area contributed by atoms with E-state index in [-0.39, 0.29) is 23.9 Å². The molecule has 1 heterocycles. The van der Waals surface area contributed by atoms with Crippen molar-refractivity contribution in [1.29, 1.82) is 0 Å². The molecule has 0 radical (unpaired) electrons. The molecule has 0 atom stereocenters. The zero-order valence-corrected chi connectivity index (χ0v) is 25.5. The molecular weight excluding hydrogens is 588 g/mol. The Bertz CT molecular complexity index is 1310. The van der Waals surface area contributed by atoms with Gasteiger partial charge in [-0.05, 0) is 73.9 Å². The number of carbonyl (C=O) groups is 1. The summed E-state index contributed by atoms with van der Waals surface area (Å²) in [6.45, 7) is 4.95. The first kappa shape index (κ1) is 30.1. The monoisotopic (exact) mass is 622 g/mol. The van der Waals surface area contributed by atoms with Crippen LogP contribution in [0.25, 0.3) is 0 Å². The van der Waals surface area contributed by atoms with Crippen LogP contribution in [0.5, 0.6) is 11.5 Å². The van der Waals surface area contributed by atoms with Gasteiger partial charge in [0.15, 0.2) is 11.5 Å². The van der Waals surface area contributed by atoms with Gasteiger partial charge < -0.3 is 14.4 Å². The topological polar surface area (TPSA) is 76.2 Å². The van der Waals surface area contributed by atoms with Crippen molar-refractivity contribution in [3.05, 3.63) is 74.4 Å². The molecule has 0 aliphatic rings. The molecule has 0 bridgehead atoms. The highest BCUT2D eigenvalue weighted by molar-refractivity contribution is 9.10. The van der Waals surface area contributed by atoms with Gasteiger partial charge in [0.1, 0.15) is 0 Å². The van der Waals surface area contributed by atoms with Gasteiger partial charge in [0, 0.05) is 27.3 Å². The van der Waals surface area contributed by atoms with E-state index in [9.17, 15) is 13.2 Å². The number of hydrogen-bond acceptors (Lipinski definition) is 6. The van der Waals surface area contributed by atoms with Crippen molar-refractivity contribution >= 4 is 43.2 Å². The van der Waals surface area contributed by atoms with Crippen LogP contribution >= 0.6 is 27.3 Å². The second-order valence-electron chi connectivity index (χ2n) is 8.91. The summed E-state index contributed by atoms with van der Waals surface area (Å²) >= 11 is 4.99. The fourth-order valence-corrected chi connectivity index (χ4v) is 6.57. The zero-order chi connectivity index (χ0) is 27.7. The standard InChI is InChI=1S/C28H35BrN2O5S2/c1-5-6-16-31(38(33,34)25-12-9-23(29)10-13-25)20-28(32)30(19-24-11-7-21(2)37-24)17-15-22-8-14-26(35-3)27(18-22)36-4/h7-14,18H,5-6,15-17,19-20H2,1-4H3. The molecular formula is C28H35BrN2O5S2. The van der Waals surface area contributed by atoms with Crippen LogP contribution in [0.2, 0.25) is 0 Å². The second-order valence-corrected chi connectivity index (χ2v) is 13.1. The molecule has 1 amide bonds. The molecule has 0 N–H and O–H groups in total. The number of rotatable bonds is 14. The molecule has 1 aromatic heterocycles. The van der Waals surface area contributed by atoms with E-state index in [1.54, 1.807) is 54.7 Å². The van der Waals surface area contributed by atoms with Crippen molar-refractivity contribution in [2.75, 3.05) is 33.9 Å². The molecule has 7 nitrogen and oxygen atoms in total. The van der Waals surface area contributed by atoms with Crippen molar-refractivity contribution in [2.24, 2.45) is 0 Å². The van der Waals surface area contributed by atoms with E-state index in [4.69, 9.17) is 9.47 Å². The van der Waals surface area contributed by atoms with Gasteiger partial charge in [-0.15, -0.1) is 11.3 Å². The minimum absolute atomic E-state index is 0.176. The smallest absolute Gasteiger partial charge is 0.243 e. The second kappa shape index (κ2) is 14.1. The Labute approximate surface area is 238 Å². The molecule has 0 fully saturated rings. The molecule has 0 aliphatic carbocycles. The molecule has 0 saturated heterocycles. The normalized spacial score (nSPS) is 11.5. The molecule has 206 valence electrons. The molecule has 0 saturated carbocycles. The van der Waals surface area contributed by atoms with Crippen molar-refractivity contribution in [3.8, 4) is 11.5 Å². The number of carbonyl (C=O) groups excluding carboxylic acids is 1. The number of sulfonamides is 1. The summed E-state index contributed by atoms with van der Waals surface area (Å²) in [7, 11) is -0.653. The van der Waals surface area contributed by atoms with Crippen molar-refractivity contribution < 1.29 is 22.7 Å². The van der Waals surface area contributed by atoms with Gasteiger partial charge in [-0.1, -0.05) is 35.3 Å². The molecule has 3 rings (SSSR count). The average molecular weight is 624 g/mol.